The Morgan fingerprint density at radius 3 is 2.81 bits per heavy atom. The van der Waals surface area contributed by atoms with Gasteiger partial charge in [0.15, 0.2) is 15.0 Å². The van der Waals surface area contributed by atoms with Crippen LogP contribution in [0.1, 0.15) is 36.8 Å². The van der Waals surface area contributed by atoms with Crippen LogP contribution in [0.2, 0.25) is 0 Å². The number of benzene rings is 1. The number of carbonyl (C=O) groups is 1. The molecule has 1 aliphatic rings. The Labute approximate surface area is 156 Å². The molecule has 1 N–H and O–H groups in total. The second-order valence-corrected chi connectivity index (χ2v) is 9.85. The molecule has 0 fully saturated rings. The van der Waals surface area contributed by atoms with Crippen molar-refractivity contribution >= 4 is 32.2 Å². The maximum atomic E-state index is 12.9. The smallest absolute Gasteiger partial charge is 0.226 e. The highest BCUT2D eigenvalue weighted by atomic mass is 32.2. The first-order chi connectivity index (χ1) is 12.3. The van der Waals surface area contributed by atoms with Gasteiger partial charge < -0.3 is 5.32 Å². The normalized spacial score (nSPS) is 16.9. The number of sulfone groups is 1. The Bertz CT molecular complexity index is 892. The van der Waals surface area contributed by atoms with E-state index < -0.39 is 15.7 Å². The van der Waals surface area contributed by atoms with Crippen LogP contribution in [0.3, 0.4) is 0 Å². The summed E-state index contributed by atoms with van der Waals surface area (Å²) >= 11 is 1.51. The molecule has 1 unspecified atom stereocenters. The van der Waals surface area contributed by atoms with E-state index in [1.54, 1.807) is 0 Å². The zero-order valence-electron chi connectivity index (χ0n) is 14.5. The van der Waals surface area contributed by atoms with Crippen LogP contribution in [0.25, 0.3) is 0 Å². The Balaban J connectivity index is 1.51. The molecule has 0 spiro atoms. The molecular weight excluding hydrogens is 375 g/mol. The summed E-state index contributed by atoms with van der Waals surface area (Å²) in [6.45, 7) is 2.21. The fraction of sp³-hybridized carbons (Fsp3) is 0.444. The first-order valence-corrected chi connectivity index (χ1v) is 11.1. The van der Waals surface area contributed by atoms with E-state index in [-0.39, 0.29) is 29.4 Å². The second kappa shape index (κ2) is 7.84. The SMILES string of the molecule is CC1CCc2nc(NC(=O)CCCS(=O)(=O)c3ccc(F)cc3)sc2C1. The van der Waals surface area contributed by atoms with E-state index in [1.807, 2.05) is 0 Å². The molecule has 2 aromatic rings. The first kappa shape index (κ1) is 19.0. The number of amides is 1. The maximum Gasteiger partial charge on any atom is 0.226 e. The summed E-state index contributed by atoms with van der Waals surface area (Å²) in [4.78, 5) is 17.8. The van der Waals surface area contributed by atoms with Gasteiger partial charge in [-0.05, 0) is 55.9 Å². The molecule has 3 rings (SSSR count). The van der Waals surface area contributed by atoms with Crippen LogP contribution in [0, 0.1) is 11.7 Å². The zero-order valence-corrected chi connectivity index (χ0v) is 16.1. The summed E-state index contributed by atoms with van der Waals surface area (Å²) in [6.07, 6.45) is 3.36. The highest BCUT2D eigenvalue weighted by molar-refractivity contribution is 7.91. The van der Waals surface area contributed by atoms with E-state index in [4.69, 9.17) is 0 Å². The predicted octanol–water partition coefficient (Wildman–Crippen LogP) is 3.60. The van der Waals surface area contributed by atoms with Gasteiger partial charge >= 0.3 is 0 Å². The van der Waals surface area contributed by atoms with Crippen molar-refractivity contribution in [2.45, 2.75) is 43.9 Å². The van der Waals surface area contributed by atoms with Gasteiger partial charge in [0.2, 0.25) is 5.91 Å². The minimum atomic E-state index is -3.51. The van der Waals surface area contributed by atoms with Gasteiger partial charge in [-0.1, -0.05) is 6.92 Å². The Hall–Kier alpha value is -1.80. The molecule has 1 aliphatic carbocycles. The van der Waals surface area contributed by atoms with Crippen LogP contribution < -0.4 is 5.32 Å². The minimum Gasteiger partial charge on any atom is -0.302 e. The van der Waals surface area contributed by atoms with Crippen molar-refractivity contribution in [3.63, 3.8) is 0 Å². The Morgan fingerprint density at radius 1 is 1.35 bits per heavy atom. The van der Waals surface area contributed by atoms with Crippen LogP contribution in [0.5, 0.6) is 0 Å². The molecule has 5 nitrogen and oxygen atoms in total. The number of aryl methyl sites for hydroxylation is 1. The van der Waals surface area contributed by atoms with Gasteiger partial charge in [0.05, 0.1) is 16.3 Å². The van der Waals surface area contributed by atoms with Crippen molar-refractivity contribution in [2.75, 3.05) is 11.1 Å². The first-order valence-electron chi connectivity index (χ1n) is 8.60. The predicted molar refractivity (Wildman–Crippen MR) is 99.6 cm³/mol. The number of halogens is 1. The third kappa shape index (κ3) is 4.67. The number of carbonyl (C=O) groups excluding carboxylic acids is 1. The molecule has 1 heterocycles. The molecule has 0 saturated carbocycles. The number of thiazole rings is 1. The Kier molecular flexibility index (Phi) is 5.72. The zero-order chi connectivity index (χ0) is 18.7. The summed E-state index contributed by atoms with van der Waals surface area (Å²) in [6, 6.07) is 4.72. The number of fused-ring (bicyclic) bond motifs is 1. The summed E-state index contributed by atoms with van der Waals surface area (Å²) < 4.78 is 37.3. The van der Waals surface area contributed by atoms with E-state index in [0.29, 0.717) is 11.0 Å². The van der Waals surface area contributed by atoms with Crippen molar-refractivity contribution in [3.8, 4) is 0 Å². The van der Waals surface area contributed by atoms with Crippen molar-refractivity contribution in [3.05, 3.63) is 40.7 Å². The van der Waals surface area contributed by atoms with E-state index in [0.717, 1.165) is 37.1 Å². The fourth-order valence-electron chi connectivity index (χ4n) is 2.96. The highest BCUT2D eigenvalue weighted by Gasteiger charge is 2.21. The van der Waals surface area contributed by atoms with Crippen LogP contribution in [-0.4, -0.2) is 25.1 Å². The number of rotatable bonds is 6. The standard InChI is InChI=1S/C18H21FN2O3S2/c1-12-4-9-15-16(11-12)25-18(20-15)21-17(22)3-2-10-26(23,24)14-7-5-13(19)6-8-14/h5-8,12H,2-4,9-11H2,1H3,(H,20,21,22). The highest BCUT2D eigenvalue weighted by Crippen LogP contribution is 2.32. The average Bonchev–Trinajstić information content (AvgIpc) is 2.96. The van der Waals surface area contributed by atoms with Gasteiger partial charge in [-0.15, -0.1) is 11.3 Å². The van der Waals surface area contributed by atoms with Crippen LogP contribution >= 0.6 is 11.3 Å². The molecule has 0 radical (unpaired) electrons. The van der Waals surface area contributed by atoms with Gasteiger partial charge in [0.1, 0.15) is 5.82 Å². The third-order valence-corrected chi connectivity index (χ3v) is 7.27. The van der Waals surface area contributed by atoms with E-state index in [2.05, 4.69) is 17.2 Å². The molecular formula is C18H21FN2O3S2. The van der Waals surface area contributed by atoms with Gasteiger partial charge in [-0.25, -0.2) is 17.8 Å². The van der Waals surface area contributed by atoms with E-state index >= 15 is 0 Å². The fourth-order valence-corrected chi connectivity index (χ4v) is 5.46. The lowest BCUT2D eigenvalue weighted by molar-refractivity contribution is -0.116. The molecule has 1 aromatic carbocycles. The largest absolute Gasteiger partial charge is 0.302 e. The summed E-state index contributed by atoms with van der Waals surface area (Å²) in [5.41, 5.74) is 1.07. The van der Waals surface area contributed by atoms with Gasteiger partial charge in [-0.3, -0.25) is 4.79 Å². The maximum absolute atomic E-state index is 12.9. The van der Waals surface area contributed by atoms with E-state index in [1.165, 1.54) is 28.3 Å². The third-order valence-electron chi connectivity index (χ3n) is 4.42. The van der Waals surface area contributed by atoms with E-state index in [9.17, 15) is 17.6 Å². The summed E-state index contributed by atoms with van der Waals surface area (Å²) in [7, 11) is -3.51. The Morgan fingerprint density at radius 2 is 2.08 bits per heavy atom. The van der Waals surface area contributed by atoms with Gasteiger partial charge in [0, 0.05) is 11.3 Å². The van der Waals surface area contributed by atoms with Crippen molar-refractivity contribution < 1.29 is 17.6 Å². The van der Waals surface area contributed by atoms with Crippen LogP contribution in [-0.2, 0) is 27.5 Å². The lowest BCUT2D eigenvalue weighted by Gasteiger charge is -2.15. The molecule has 26 heavy (non-hydrogen) atoms. The average molecular weight is 397 g/mol. The molecule has 0 bridgehead atoms. The lowest BCUT2D eigenvalue weighted by Crippen LogP contribution is -2.14. The monoisotopic (exact) mass is 396 g/mol. The topological polar surface area (TPSA) is 76.1 Å². The molecule has 8 heteroatoms. The second-order valence-electron chi connectivity index (χ2n) is 6.66. The number of hydrogen-bond acceptors (Lipinski definition) is 5. The van der Waals surface area contributed by atoms with Crippen molar-refractivity contribution in [1.82, 2.24) is 4.98 Å². The van der Waals surface area contributed by atoms with Gasteiger partial charge in [0.25, 0.3) is 0 Å². The van der Waals surface area contributed by atoms with Crippen LogP contribution in [0.4, 0.5) is 9.52 Å². The minimum absolute atomic E-state index is 0.0704. The number of nitrogens with one attached hydrogen (secondary N) is 1. The molecule has 1 atom stereocenters. The molecule has 0 aliphatic heterocycles. The molecule has 0 saturated heterocycles. The summed E-state index contributed by atoms with van der Waals surface area (Å²) in [5, 5.41) is 3.36. The quantitative estimate of drug-likeness (QED) is 0.757. The molecule has 1 amide bonds. The number of nitrogens with zero attached hydrogens (tertiary/aromatic N) is 1. The molecule has 1 aromatic heterocycles. The van der Waals surface area contributed by atoms with Crippen molar-refractivity contribution in [1.29, 1.82) is 0 Å². The molecule has 140 valence electrons. The number of anilines is 1. The van der Waals surface area contributed by atoms with Gasteiger partial charge in [-0.2, -0.15) is 0 Å². The van der Waals surface area contributed by atoms with Crippen LogP contribution in [0.15, 0.2) is 29.2 Å². The number of aromatic nitrogens is 1. The summed E-state index contributed by atoms with van der Waals surface area (Å²) in [5.74, 6) is -0.233. The lowest BCUT2D eigenvalue weighted by atomic mass is 9.93. The van der Waals surface area contributed by atoms with Crippen molar-refractivity contribution in [2.24, 2.45) is 5.92 Å². The number of hydrogen-bond donors (Lipinski definition) is 1.